The van der Waals surface area contributed by atoms with Crippen molar-refractivity contribution in [2.75, 3.05) is 11.4 Å². The van der Waals surface area contributed by atoms with Crippen molar-refractivity contribution in [1.82, 2.24) is 0 Å². The van der Waals surface area contributed by atoms with E-state index in [2.05, 4.69) is 4.90 Å². The highest BCUT2D eigenvalue weighted by Crippen LogP contribution is 2.23. The van der Waals surface area contributed by atoms with E-state index in [1.165, 1.54) is 12.1 Å². The van der Waals surface area contributed by atoms with Crippen molar-refractivity contribution < 1.29 is 9.18 Å². The first-order chi connectivity index (χ1) is 7.16. The van der Waals surface area contributed by atoms with Gasteiger partial charge in [0.05, 0.1) is 0 Å². The van der Waals surface area contributed by atoms with E-state index in [0.717, 1.165) is 5.69 Å². The van der Waals surface area contributed by atoms with Crippen molar-refractivity contribution in [3.63, 3.8) is 0 Å². The van der Waals surface area contributed by atoms with E-state index >= 15 is 0 Å². The van der Waals surface area contributed by atoms with Crippen molar-refractivity contribution in [1.29, 1.82) is 0 Å². The van der Waals surface area contributed by atoms with E-state index in [9.17, 15) is 9.18 Å². The number of carbonyl (C=O) groups excluding carboxylic acids is 1. The maximum Gasteiger partial charge on any atom is 0.136 e. The van der Waals surface area contributed by atoms with Gasteiger partial charge in [-0.3, -0.25) is 4.79 Å². The second-order valence-corrected chi connectivity index (χ2v) is 4.02. The number of anilines is 1. The lowest BCUT2D eigenvalue weighted by Crippen LogP contribution is -2.41. The largest absolute Gasteiger partial charge is 0.368 e. The Morgan fingerprint density at radius 3 is 2.93 bits per heavy atom. The summed E-state index contributed by atoms with van der Waals surface area (Å²) < 4.78 is 13.0. The van der Waals surface area contributed by atoms with Crippen LogP contribution in [0.15, 0.2) is 24.3 Å². The Morgan fingerprint density at radius 1 is 1.47 bits per heavy atom. The van der Waals surface area contributed by atoms with E-state index in [1.807, 2.05) is 13.0 Å². The van der Waals surface area contributed by atoms with Gasteiger partial charge in [-0.15, -0.1) is 0 Å². The molecule has 0 amide bonds. The van der Waals surface area contributed by atoms with Crippen LogP contribution in [-0.2, 0) is 4.79 Å². The Balaban J connectivity index is 2.20. The number of ketones is 1. The minimum atomic E-state index is -0.225. The third kappa shape index (κ3) is 2.17. The van der Waals surface area contributed by atoms with Gasteiger partial charge in [0.1, 0.15) is 11.6 Å². The minimum absolute atomic E-state index is 0.174. The molecule has 0 aromatic heterocycles. The summed E-state index contributed by atoms with van der Waals surface area (Å²) in [6, 6.07) is 6.71. The molecule has 0 saturated carbocycles. The van der Waals surface area contributed by atoms with Crippen LogP contribution in [0.2, 0.25) is 0 Å². The molecule has 1 heterocycles. The molecule has 1 aromatic carbocycles. The van der Waals surface area contributed by atoms with Gasteiger partial charge >= 0.3 is 0 Å². The number of hydrogen-bond donors (Lipinski definition) is 0. The highest BCUT2D eigenvalue weighted by molar-refractivity contribution is 5.81. The number of piperidine rings is 1. The molecular weight excluding hydrogens is 193 g/mol. The molecule has 1 aliphatic heterocycles. The summed E-state index contributed by atoms with van der Waals surface area (Å²) in [5.74, 6) is 0.0757. The van der Waals surface area contributed by atoms with E-state index in [-0.39, 0.29) is 11.9 Å². The third-order valence-electron chi connectivity index (χ3n) is 2.83. The summed E-state index contributed by atoms with van der Waals surface area (Å²) in [5, 5.41) is 0. The van der Waals surface area contributed by atoms with E-state index in [1.54, 1.807) is 6.07 Å². The fourth-order valence-corrected chi connectivity index (χ4v) is 2.05. The second-order valence-electron chi connectivity index (χ2n) is 4.02. The standard InChI is InChI=1S/C12H14FNO/c1-9-7-12(15)5-6-14(9)11-4-2-3-10(13)8-11/h2-4,8-9H,5-7H2,1H3. The van der Waals surface area contributed by atoms with Crippen LogP contribution in [0.25, 0.3) is 0 Å². The molecule has 80 valence electrons. The first kappa shape index (κ1) is 10.1. The average molecular weight is 207 g/mol. The van der Waals surface area contributed by atoms with Gasteiger partial charge in [-0.25, -0.2) is 4.39 Å². The second kappa shape index (κ2) is 4.01. The lowest BCUT2D eigenvalue weighted by atomic mass is 10.0. The summed E-state index contributed by atoms with van der Waals surface area (Å²) in [6.45, 7) is 2.70. The van der Waals surface area contributed by atoms with Crippen LogP contribution >= 0.6 is 0 Å². The molecule has 1 fully saturated rings. The van der Waals surface area contributed by atoms with Crippen LogP contribution in [0.4, 0.5) is 10.1 Å². The summed E-state index contributed by atoms with van der Waals surface area (Å²) >= 11 is 0. The topological polar surface area (TPSA) is 20.3 Å². The molecule has 1 saturated heterocycles. The zero-order valence-electron chi connectivity index (χ0n) is 8.74. The molecule has 0 radical (unpaired) electrons. The van der Waals surface area contributed by atoms with E-state index in [4.69, 9.17) is 0 Å². The third-order valence-corrected chi connectivity index (χ3v) is 2.83. The van der Waals surface area contributed by atoms with Crippen molar-refractivity contribution in [3.8, 4) is 0 Å². The van der Waals surface area contributed by atoms with Crippen LogP contribution in [0.5, 0.6) is 0 Å². The summed E-state index contributed by atoms with van der Waals surface area (Å²) in [4.78, 5) is 13.3. The first-order valence-corrected chi connectivity index (χ1v) is 5.21. The summed E-state index contributed by atoms with van der Waals surface area (Å²) in [5.41, 5.74) is 0.870. The van der Waals surface area contributed by atoms with Crippen molar-refractivity contribution in [3.05, 3.63) is 30.1 Å². The molecule has 0 bridgehead atoms. The van der Waals surface area contributed by atoms with Crippen LogP contribution in [0, 0.1) is 5.82 Å². The molecule has 15 heavy (non-hydrogen) atoms. The number of nitrogens with zero attached hydrogens (tertiary/aromatic N) is 1. The Morgan fingerprint density at radius 2 is 2.27 bits per heavy atom. The van der Waals surface area contributed by atoms with Crippen molar-refractivity contribution in [2.45, 2.75) is 25.8 Å². The minimum Gasteiger partial charge on any atom is -0.368 e. The Hall–Kier alpha value is -1.38. The number of benzene rings is 1. The van der Waals surface area contributed by atoms with Gasteiger partial charge in [0, 0.05) is 31.1 Å². The summed E-state index contributed by atoms with van der Waals surface area (Å²) in [7, 11) is 0. The quantitative estimate of drug-likeness (QED) is 0.704. The van der Waals surface area contributed by atoms with Crippen LogP contribution in [0.1, 0.15) is 19.8 Å². The van der Waals surface area contributed by atoms with Gasteiger partial charge in [0.2, 0.25) is 0 Å². The number of Topliss-reactive ketones (excluding diaryl/α,β-unsaturated/α-hetero) is 1. The number of rotatable bonds is 1. The van der Waals surface area contributed by atoms with Crippen LogP contribution in [-0.4, -0.2) is 18.4 Å². The molecule has 1 aliphatic rings. The smallest absolute Gasteiger partial charge is 0.136 e. The molecular formula is C12H14FNO. The number of carbonyl (C=O) groups is 1. The fourth-order valence-electron chi connectivity index (χ4n) is 2.05. The van der Waals surface area contributed by atoms with Gasteiger partial charge in [-0.1, -0.05) is 6.07 Å². The first-order valence-electron chi connectivity index (χ1n) is 5.21. The Labute approximate surface area is 88.7 Å². The zero-order valence-corrected chi connectivity index (χ0v) is 8.74. The maximum absolute atomic E-state index is 13.0. The van der Waals surface area contributed by atoms with Gasteiger partial charge in [-0.2, -0.15) is 0 Å². The van der Waals surface area contributed by atoms with Crippen LogP contribution < -0.4 is 4.90 Å². The van der Waals surface area contributed by atoms with Gasteiger partial charge < -0.3 is 4.90 Å². The lowest BCUT2D eigenvalue weighted by Gasteiger charge is -2.34. The van der Waals surface area contributed by atoms with Crippen molar-refractivity contribution in [2.24, 2.45) is 0 Å². The van der Waals surface area contributed by atoms with Gasteiger partial charge in [-0.05, 0) is 25.1 Å². The molecule has 0 spiro atoms. The predicted octanol–water partition coefficient (Wildman–Crippen LogP) is 2.38. The van der Waals surface area contributed by atoms with E-state index in [0.29, 0.717) is 25.2 Å². The Kier molecular flexibility index (Phi) is 2.71. The zero-order chi connectivity index (χ0) is 10.8. The SMILES string of the molecule is CC1CC(=O)CCN1c1cccc(F)c1. The van der Waals surface area contributed by atoms with Gasteiger partial charge in [0.25, 0.3) is 0 Å². The predicted molar refractivity (Wildman–Crippen MR) is 57.4 cm³/mol. The van der Waals surface area contributed by atoms with Gasteiger partial charge in [0.15, 0.2) is 0 Å². The molecule has 3 heteroatoms. The highest BCUT2D eigenvalue weighted by Gasteiger charge is 2.23. The molecule has 1 unspecified atom stereocenters. The fraction of sp³-hybridized carbons (Fsp3) is 0.417. The highest BCUT2D eigenvalue weighted by atomic mass is 19.1. The normalized spacial score (nSPS) is 21.9. The molecule has 2 rings (SSSR count). The molecule has 0 N–H and O–H groups in total. The monoisotopic (exact) mass is 207 g/mol. The average Bonchev–Trinajstić information content (AvgIpc) is 2.17. The van der Waals surface area contributed by atoms with Crippen LogP contribution in [0.3, 0.4) is 0 Å². The maximum atomic E-state index is 13.0. The number of halogens is 1. The number of hydrogen-bond acceptors (Lipinski definition) is 2. The molecule has 2 nitrogen and oxygen atoms in total. The molecule has 0 aliphatic carbocycles. The lowest BCUT2D eigenvalue weighted by molar-refractivity contribution is -0.120. The molecule has 1 atom stereocenters. The van der Waals surface area contributed by atoms with Crippen molar-refractivity contribution >= 4 is 11.5 Å². The molecule has 1 aromatic rings. The van der Waals surface area contributed by atoms with E-state index < -0.39 is 0 Å². The summed E-state index contributed by atoms with van der Waals surface area (Å²) in [6.07, 6.45) is 1.14. The Bertz CT molecular complexity index is 378.